The van der Waals surface area contributed by atoms with E-state index >= 15 is 0 Å². The van der Waals surface area contributed by atoms with Crippen LogP contribution in [0.3, 0.4) is 0 Å². The van der Waals surface area contributed by atoms with Gasteiger partial charge in [0, 0.05) is 19.2 Å². The van der Waals surface area contributed by atoms with Crippen molar-refractivity contribution in [3.63, 3.8) is 0 Å². The Labute approximate surface area is 109 Å². The Morgan fingerprint density at radius 1 is 1.56 bits per heavy atom. The van der Waals surface area contributed by atoms with E-state index in [1.54, 1.807) is 6.20 Å². The van der Waals surface area contributed by atoms with Gasteiger partial charge >= 0.3 is 0 Å². The summed E-state index contributed by atoms with van der Waals surface area (Å²) in [5.74, 6) is 0.113. The quantitative estimate of drug-likeness (QED) is 0.771. The molecule has 2 aromatic rings. The van der Waals surface area contributed by atoms with Gasteiger partial charge in [0.05, 0.1) is 11.6 Å². The van der Waals surface area contributed by atoms with Gasteiger partial charge < -0.3 is 10.3 Å². The van der Waals surface area contributed by atoms with Crippen molar-refractivity contribution in [2.75, 3.05) is 6.54 Å². The summed E-state index contributed by atoms with van der Waals surface area (Å²) >= 11 is 5.38. The molecule has 1 atom stereocenters. The van der Waals surface area contributed by atoms with Crippen LogP contribution in [0.25, 0.3) is 11.2 Å². The number of hydrogen-bond acceptors (Lipinski definition) is 3. The Bertz CT molecular complexity index is 662. The molecule has 94 valence electrons. The van der Waals surface area contributed by atoms with Crippen LogP contribution in [-0.4, -0.2) is 27.0 Å². The zero-order valence-corrected chi connectivity index (χ0v) is 10.9. The van der Waals surface area contributed by atoms with Gasteiger partial charge in [0.25, 0.3) is 0 Å². The second-order valence-electron chi connectivity index (χ2n) is 4.62. The molecule has 3 rings (SSSR count). The van der Waals surface area contributed by atoms with Crippen molar-refractivity contribution in [3.8, 4) is 0 Å². The predicted octanol–water partition coefficient (Wildman–Crippen LogP) is 1.85. The Balaban J connectivity index is 2.12. The number of hydrogen-bond donors (Lipinski definition) is 2. The van der Waals surface area contributed by atoms with E-state index < -0.39 is 0 Å². The second kappa shape index (κ2) is 4.20. The molecule has 2 N–H and O–H groups in total. The number of carbonyl (C=O) groups is 1. The minimum absolute atomic E-state index is 0.113. The first-order valence-electron chi connectivity index (χ1n) is 5.99. The fraction of sp³-hybridized carbons (Fsp3) is 0.417. The summed E-state index contributed by atoms with van der Waals surface area (Å²) in [5.41, 5.74) is 2.99. The molecule has 1 aliphatic rings. The normalized spacial score (nSPS) is 20.1. The van der Waals surface area contributed by atoms with Gasteiger partial charge in [-0.1, -0.05) is 0 Å². The van der Waals surface area contributed by atoms with E-state index in [1.807, 2.05) is 17.6 Å². The van der Waals surface area contributed by atoms with Gasteiger partial charge in [-0.3, -0.25) is 9.36 Å². The lowest BCUT2D eigenvalue weighted by Crippen LogP contribution is -2.36. The summed E-state index contributed by atoms with van der Waals surface area (Å²) in [6, 6.07) is 2.15. The van der Waals surface area contributed by atoms with Crippen LogP contribution >= 0.6 is 12.2 Å². The molecule has 18 heavy (non-hydrogen) atoms. The second-order valence-corrected chi connectivity index (χ2v) is 5.01. The number of carbonyl (C=O) groups excluding carboxylic acids is 1. The molecule has 1 unspecified atom stereocenters. The maximum Gasteiger partial charge on any atom is 0.220 e. The molecule has 0 saturated carbocycles. The summed E-state index contributed by atoms with van der Waals surface area (Å²) in [7, 11) is 0. The van der Waals surface area contributed by atoms with Crippen LogP contribution in [0, 0.1) is 11.7 Å². The topological polar surface area (TPSA) is 62.7 Å². The van der Waals surface area contributed by atoms with Crippen LogP contribution < -0.4 is 5.32 Å². The summed E-state index contributed by atoms with van der Waals surface area (Å²) in [6.07, 6.45) is 3.14. The van der Waals surface area contributed by atoms with E-state index in [4.69, 9.17) is 12.2 Å². The van der Waals surface area contributed by atoms with Crippen LogP contribution in [0.5, 0.6) is 0 Å². The average Bonchev–Trinajstić information content (AvgIpc) is 2.69. The molecule has 0 bridgehead atoms. The van der Waals surface area contributed by atoms with Crippen LogP contribution in [0.1, 0.15) is 24.4 Å². The standard InChI is InChI=1S/C12H14N4OS/c1-7-4-5-13-11-10(7)15-12(18)16(11)8-2-3-9(17)14-6-8/h4-5,8H,2-3,6H2,1H3,(H,14,17)(H,15,18). The van der Waals surface area contributed by atoms with Crippen LogP contribution in [0.4, 0.5) is 0 Å². The van der Waals surface area contributed by atoms with Crippen molar-refractivity contribution in [3.05, 3.63) is 22.6 Å². The smallest absolute Gasteiger partial charge is 0.220 e. The first-order chi connectivity index (χ1) is 8.66. The van der Waals surface area contributed by atoms with Crippen LogP contribution in [0.2, 0.25) is 0 Å². The first kappa shape index (κ1) is 11.4. The predicted molar refractivity (Wildman–Crippen MR) is 70.9 cm³/mol. The Morgan fingerprint density at radius 3 is 3.11 bits per heavy atom. The zero-order chi connectivity index (χ0) is 12.7. The molecule has 1 saturated heterocycles. The molecule has 1 fully saturated rings. The number of aromatic amines is 1. The fourth-order valence-electron chi connectivity index (χ4n) is 2.42. The number of piperidine rings is 1. The van der Waals surface area contributed by atoms with Gasteiger partial charge in [0.1, 0.15) is 0 Å². The molecule has 0 spiro atoms. The Kier molecular flexibility index (Phi) is 2.66. The summed E-state index contributed by atoms with van der Waals surface area (Å²) in [4.78, 5) is 18.8. The molecule has 2 aromatic heterocycles. The van der Waals surface area contributed by atoms with E-state index in [0.717, 1.165) is 23.1 Å². The van der Waals surface area contributed by atoms with E-state index in [2.05, 4.69) is 15.3 Å². The number of rotatable bonds is 1. The number of amides is 1. The van der Waals surface area contributed by atoms with Gasteiger partial charge in [0.2, 0.25) is 5.91 Å². The molecule has 1 aliphatic heterocycles. The molecular formula is C12H14N4OS. The Morgan fingerprint density at radius 2 is 2.39 bits per heavy atom. The molecular weight excluding hydrogens is 248 g/mol. The van der Waals surface area contributed by atoms with Gasteiger partial charge in [-0.05, 0) is 37.2 Å². The number of fused-ring (bicyclic) bond motifs is 1. The summed E-state index contributed by atoms with van der Waals surface area (Å²) in [6.45, 7) is 2.65. The third kappa shape index (κ3) is 1.73. The highest BCUT2D eigenvalue weighted by atomic mass is 32.1. The molecule has 6 heteroatoms. The van der Waals surface area contributed by atoms with Crippen molar-refractivity contribution >= 4 is 29.3 Å². The largest absolute Gasteiger partial charge is 0.354 e. The number of aromatic nitrogens is 3. The van der Waals surface area contributed by atoms with Crippen molar-refractivity contribution in [1.29, 1.82) is 0 Å². The third-order valence-electron chi connectivity index (χ3n) is 3.42. The average molecular weight is 262 g/mol. The Hall–Kier alpha value is -1.69. The van der Waals surface area contributed by atoms with E-state index in [-0.39, 0.29) is 11.9 Å². The fourth-order valence-corrected chi connectivity index (χ4v) is 2.76. The monoisotopic (exact) mass is 262 g/mol. The van der Waals surface area contributed by atoms with Gasteiger partial charge in [0.15, 0.2) is 10.4 Å². The van der Waals surface area contributed by atoms with Gasteiger partial charge in [-0.15, -0.1) is 0 Å². The zero-order valence-electron chi connectivity index (χ0n) is 10.1. The minimum Gasteiger partial charge on any atom is -0.354 e. The number of aryl methyl sites for hydroxylation is 1. The number of nitrogens with one attached hydrogen (secondary N) is 2. The maximum absolute atomic E-state index is 11.2. The van der Waals surface area contributed by atoms with E-state index in [0.29, 0.717) is 17.7 Å². The first-order valence-corrected chi connectivity index (χ1v) is 6.40. The SMILES string of the molecule is Cc1ccnc2c1[nH]c(=S)n2C1CCC(=O)NC1. The highest BCUT2D eigenvalue weighted by Gasteiger charge is 2.22. The van der Waals surface area contributed by atoms with Crippen molar-refractivity contribution in [1.82, 2.24) is 19.9 Å². The van der Waals surface area contributed by atoms with Crippen LogP contribution in [-0.2, 0) is 4.79 Å². The number of pyridine rings is 1. The van der Waals surface area contributed by atoms with Crippen molar-refractivity contribution in [2.45, 2.75) is 25.8 Å². The molecule has 5 nitrogen and oxygen atoms in total. The van der Waals surface area contributed by atoms with Crippen molar-refractivity contribution in [2.24, 2.45) is 0 Å². The summed E-state index contributed by atoms with van der Waals surface area (Å²) in [5, 5.41) is 2.88. The van der Waals surface area contributed by atoms with Gasteiger partial charge in [-0.2, -0.15) is 0 Å². The van der Waals surface area contributed by atoms with E-state index in [9.17, 15) is 4.79 Å². The number of nitrogens with zero attached hydrogens (tertiary/aromatic N) is 2. The molecule has 3 heterocycles. The van der Waals surface area contributed by atoms with E-state index in [1.165, 1.54) is 0 Å². The summed E-state index contributed by atoms with van der Waals surface area (Å²) < 4.78 is 2.70. The lowest BCUT2D eigenvalue weighted by Gasteiger charge is -2.23. The number of H-pyrrole nitrogens is 1. The molecule has 1 amide bonds. The van der Waals surface area contributed by atoms with Crippen molar-refractivity contribution < 1.29 is 4.79 Å². The number of imidazole rings is 1. The molecule has 0 aromatic carbocycles. The highest BCUT2D eigenvalue weighted by molar-refractivity contribution is 7.71. The molecule has 0 aliphatic carbocycles. The minimum atomic E-state index is 0.113. The lowest BCUT2D eigenvalue weighted by molar-refractivity contribution is -0.122. The lowest BCUT2D eigenvalue weighted by atomic mass is 10.1. The highest BCUT2D eigenvalue weighted by Crippen LogP contribution is 2.24. The van der Waals surface area contributed by atoms with Gasteiger partial charge in [-0.25, -0.2) is 4.98 Å². The van der Waals surface area contributed by atoms with Crippen LogP contribution in [0.15, 0.2) is 12.3 Å². The third-order valence-corrected chi connectivity index (χ3v) is 3.72. The maximum atomic E-state index is 11.2. The molecule has 0 radical (unpaired) electrons.